The fourth-order valence-corrected chi connectivity index (χ4v) is 2.03. The first-order valence-electron chi connectivity index (χ1n) is 6.04. The van der Waals surface area contributed by atoms with Gasteiger partial charge in [0.2, 0.25) is 5.91 Å². The second kappa shape index (κ2) is 5.73. The van der Waals surface area contributed by atoms with Crippen LogP contribution in [0.15, 0.2) is 18.2 Å². The molecule has 1 aliphatic rings. The third kappa shape index (κ3) is 2.92. The molecule has 2 rings (SSSR count). The van der Waals surface area contributed by atoms with Gasteiger partial charge in [0, 0.05) is 18.7 Å². The zero-order valence-electron chi connectivity index (χ0n) is 10.4. The van der Waals surface area contributed by atoms with Crippen LogP contribution in [0, 0.1) is 0 Å². The Bertz CT molecular complexity index is 428. The van der Waals surface area contributed by atoms with Gasteiger partial charge < -0.3 is 20.5 Å². The van der Waals surface area contributed by atoms with E-state index in [0.717, 1.165) is 25.1 Å². The lowest BCUT2D eigenvalue weighted by Crippen LogP contribution is -2.19. The molecule has 3 N–H and O–H groups in total. The van der Waals surface area contributed by atoms with Crippen molar-refractivity contribution in [2.45, 2.75) is 18.9 Å². The summed E-state index contributed by atoms with van der Waals surface area (Å²) >= 11 is 0. The van der Waals surface area contributed by atoms with E-state index in [-0.39, 0.29) is 6.10 Å². The Balaban J connectivity index is 2.08. The molecule has 0 aliphatic carbocycles. The van der Waals surface area contributed by atoms with Gasteiger partial charge in [0.25, 0.3) is 0 Å². The summed E-state index contributed by atoms with van der Waals surface area (Å²) in [4.78, 5) is 11.1. The number of ether oxygens (including phenoxy) is 2. The number of hydrogen-bond acceptors (Lipinski definition) is 4. The molecule has 0 saturated carbocycles. The van der Waals surface area contributed by atoms with E-state index in [1.807, 2.05) is 0 Å². The van der Waals surface area contributed by atoms with Crippen LogP contribution in [0.2, 0.25) is 0 Å². The van der Waals surface area contributed by atoms with Crippen LogP contribution in [-0.2, 0) is 4.74 Å². The molecule has 0 radical (unpaired) electrons. The van der Waals surface area contributed by atoms with Crippen LogP contribution >= 0.6 is 0 Å². The molecular formula is C13H18N2O3. The molecule has 1 aromatic carbocycles. The number of hydrogen-bond donors (Lipinski definition) is 2. The van der Waals surface area contributed by atoms with Gasteiger partial charge in [-0.25, -0.2) is 0 Å². The van der Waals surface area contributed by atoms with Gasteiger partial charge in [-0.05, 0) is 31.0 Å². The fourth-order valence-electron chi connectivity index (χ4n) is 2.03. The Kier molecular flexibility index (Phi) is 4.04. The highest BCUT2D eigenvalue weighted by molar-refractivity contribution is 5.94. The predicted octanol–water partition coefficient (Wildman–Crippen LogP) is 1.39. The molecule has 5 nitrogen and oxygen atoms in total. The number of rotatable bonds is 5. The van der Waals surface area contributed by atoms with Crippen molar-refractivity contribution in [3.8, 4) is 5.75 Å². The summed E-state index contributed by atoms with van der Waals surface area (Å²) in [6.07, 6.45) is 2.39. The molecule has 0 aromatic heterocycles. The molecule has 98 valence electrons. The number of amides is 1. The van der Waals surface area contributed by atoms with Gasteiger partial charge in [0.15, 0.2) is 0 Å². The highest BCUT2D eigenvalue weighted by Gasteiger charge is 2.16. The molecule has 1 aromatic rings. The van der Waals surface area contributed by atoms with Crippen molar-refractivity contribution in [2.24, 2.45) is 5.73 Å². The lowest BCUT2D eigenvalue weighted by atomic mass is 10.1. The molecule has 18 heavy (non-hydrogen) atoms. The maximum Gasteiger partial charge on any atom is 0.248 e. The van der Waals surface area contributed by atoms with Crippen LogP contribution in [0.5, 0.6) is 5.75 Å². The Hall–Kier alpha value is -1.75. The number of carbonyl (C=O) groups is 1. The Morgan fingerprint density at radius 1 is 1.61 bits per heavy atom. The van der Waals surface area contributed by atoms with Crippen molar-refractivity contribution in [3.05, 3.63) is 23.8 Å². The maximum absolute atomic E-state index is 11.1. The van der Waals surface area contributed by atoms with E-state index >= 15 is 0 Å². The van der Waals surface area contributed by atoms with Crippen LogP contribution in [0.3, 0.4) is 0 Å². The molecular weight excluding hydrogens is 232 g/mol. The summed E-state index contributed by atoms with van der Waals surface area (Å²) in [5.41, 5.74) is 6.49. The first kappa shape index (κ1) is 12.7. The van der Waals surface area contributed by atoms with Gasteiger partial charge in [-0.2, -0.15) is 0 Å². The van der Waals surface area contributed by atoms with Crippen molar-refractivity contribution < 1.29 is 14.3 Å². The van der Waals surface area contributed by atoms with Crippen LogP contribution in [0.1, 0.15) is 23.2 Å². The second-order valence-corrected chi connectivity index (χ2v) is 4.30. The number of anilines is 1. The monoisotopic (exact) mass is 250 g/mol. The molecule has 1 amide bonds. The smallest absolute Gasteiger partial charge is 0.248 e. The quantitative estimate of drug-likeness (QED) is 0.828. The molecule has 0 spiro atoms. The minimum absolute atomic E-state index is 0.229. The number of nitrogens with one attached hydrogen (secondary N) is 1. The molecule has 1 fully saturated rings. The lowest BCUT2D eigenvalue weighted by Gasteiger charge is -2.15. The van der Waals surface area contributed by atoms with E-state index in [9.17, 15) is 4.79 Å². The summed E-state index contributed by atoms with van der Waals surface area (Å²) in [5, 5.41) is 3.24. The molecule has 1 heterocycles. The third-order valence-electron chi connectivity index (χ3n) is 3.03. The van der Waals surface area contributed by atoms with E-state index in [0.29, 0.717) is 17.9 Å². The van der Waals surface area contributed by atoms with E-state index in [1.54, 1.807) is 25.3 Å². The van der Waals surface area contributed by atoms with Gasteiger partial charge in [-0.15, -0.1) is 0 Å². The van der Waals surface area contributed by atoms with Crippen molar-refractivity contribution >= 4 is 11.6 Å². The molecule has 1 saturated heterocycles. The molecule has 1 atom stereocenters. The number of carbonyl (C=O) groups excluding carboxylic acids is 1. The predicted molar refractivity (Wildman–Crippen MR) is 69.0 cm³/mol. The topological polar surface area (TPSA) is 73.6 Å². The first-order chi connectivity index (χ1) is 8.70. The zero-order chi connectivity index (χ0) is 13.0. The molecule has 1 unspecified atom stereocenters. The number of methoxy groups -OCH3 is 1. The van der Waals surface area contributed by atoms with Gasteiger partial charge in [0.05, 0.1) is 18.9 Å². The molecule has 5 heteroatoms. The van der Waals surface area contributed by atoms with Crippen molar-refractivity contribution in [1.82, 2.24) is 0 Å². The standard InChI is InChI=1S/C13H18N2O3/c1-17-12-5-4-9(13(14)16)7-11(12)15-8-10-3-2-6-18-10/h4-5,7,10,15H,2-3,6,8H2,1H3,(H2,14,16). The van der Waals surface area contributed by atoms with E-state index in [1.165, 1.54) is 0 Å². The summed E-state index contributed by atoms with van der Waals surface area (Å²) < 4.78 is 10.8. The fraction of sp³-hybridized carbons (Fsp3) is 0.462. The maximum atomic E-state index is 11.1. The highest BCUT2D eigenvalue weighted by atomic mass is 16.5. The summed E-state index contributed by atoms with van der Waals surface area (Å²) in [7, 11) is 1.59. The van der Waals surface area contributed by atoms with Gasteiger partial charge in [0.1, 0.15) is 5.75 Å². The Labute approximate surface area is 106 Å². The van der Waals surface area contributed by atoms with Gasteiger partial charge >= 0.3 is 0 Å². The zero-order valence-corrected chi connectivity index (χ0v) is 10.4. The SMILES string of the molecule is COc1ccc(C(N)=O)cc1NCC1CCCO1. The van der Waals surface area contributed by atoms with Crippen LogP contribution in [0.25, 0.3) is 0 Å². The summed E-state index contributed by atoms with van der Waals surface area (Å²) in [6, 6.07) is 5.09. The van der Waals surface area contributed by atoms with Crippen LogP contribution < -0.4 is 15.8 Å². The average Bonchev–Trinajstić information content (AvgIpc) is 2.89. The summed E-state index contributed by atoms with van der Waals surface area (Å²) in [6.45, 7) is 1.53. The van der Waals surface area contributed by atoms with Gasteiger partial charge in [-0.3, -0.25) is 4.79 Å². The Morgan fingerprint density at radius 3 is 3.06 bits per heavy atom. The van der Waals surface area contributed by atoms with Gasteiger partial charge in [-0.1, -0.05) is 0 Å². The van der Waals surface area contributed by atoms with Crippen molar-refractivity contribution in [1.29, 1.82) is 0 Å². The third-order valence-corrected chi connectivity index (χ3v) is 3.03. The minimum atomic E-state index is -0.446. The van der Waals surface area contributed by atoms with E-state index in [4.69, 9.17) is 15.2 Å². The molecule has 0 bridgehead atoms. The normalized spacial score (nSPS) is 18.6. The van der Waals surface area contributed by atoms with Crippen LogP contribution in [0.4, 0.5) is 5.69 Å². The average molecular weight is 250 g/mol. The van der Waals surface area contributed by atoms with Crippen molar-refractivity contribution in [3.63, 3.8) is 0 Å². The highest BCUT2D eigenvalue weighted by Crippen LogP contribution is 2.26. The van der Waals surface area contributed by atoms with E-state index < -0.39 is 5.91 Å². The number of benzene rings is 1. The minimum Gasteiger partial charge on any atom is -0.495 e. The second-order valence-electron chi connectivity index (χ2n) is 4.30. The molecule has 1 aliphatic heterocycles. The van der Waals surface area contributed by atoms with Crippen LogP contribution in [-0.4, -0.2) is 32.3 Å². The number of nitrogens with two attached hydrogens (primary N) is 1. The van der Waals surface area contributed by atoms with Crippen molar-refractivity contribution in [2.75, 3.05) is 25.6 Å². The van der Waals surface area contributed by atoms with E-state index in [2.05, 4.69) is 5.32 Å². The first-order valence-corrected chi connectivity index (χ1v) is 6.04. The lowest BCUT2D eigenvalue weighted by molar-refractivity contribution is 0.100. The Morgan fingerprint density at radius 2 is 2.44 bits per heavy atom. The summed E-state index contributed by atoms with van der Waals surface area (Å²) in [5.74, 6) is 0.246. The number of primary amides is 1. The largest absolute Gasteiger partial charge is 0.495 e.